The van der Waals surface area contributed by atoms with Gasteiger partial charge in [-0.25, -0.2) is 0 Å². The number of para-hydroxylation sites is 1. The topological polar surface area (TPSA) is 41.1 Å². The monoisotopic (exact) mass is 378 g/mol. The van der Waals surface area contributed by atoms with E-state index in [2.05, 4.69) is 53.3 Å². The van der Waals surface area contributed by atoms with Crippen molar-refractivity contribution in [3.63, 3.8) is 0 Å². The van der Waals surface area contributed by atoms with Gasteiger partial charge >= 0.3 is 0 Å². The van der Waals surface area contributed by atoms with E-state index in [1.807, 2.05) is 37.3 Å². The molecular formula is C23H26N2OS. The van der Waals surface area contributed by atoms with E-state index in [0.717, 1.165) is 24.1 Å². The first kappa shape index (κ1) is 19.3. The molecule has 0 fully saturated rings. The highest BCUT2D eigenvalue weighted by atomic mass is 32.1. The molecular weight excluding hydrogens is 352 g/mol. The molecule has 4 heteroatoms. The van der Waals surface area contributed by atoms with E-state index in [4.69, 9.17) is 0 Å². The van der Waals surface area contributed by atoms with Crippen LogP contribution in [0.15, 0.2) is 66.0 Å². The van der Waals surface area contributed by atoms with Crippen molar-refractivity contribution in [2.75, 3.05) is 11.9 Å². The number of amides is 1. The lowest BCUT2D eigenvalue weighted by atomic mass is 10.0. The van der Waals surface area contributed by atoms with E-state index in [1.165, 1.54) is 16.0 Å². The second-order valence-electron chi connectivity index (χ2n) is 6.68. The highest BCUT2D eigenvalue weighted by Crippen LogP contribution is 2.26. The van der Waals surface area contributed by atoms with Gasteiger partial charge < -0.3 is 5.32 Å². The summed E-state index contributed by atoms with van der Waals surface area (Å²) in [5, 5.41) is 8.49. The van der Waals surface area contributed by atoms with Crippen LogP contribution in [0.5, 0.6) is 0 Å². The van der Waals surface area contributed by atoms with Gasteiger partial charge in [0.25, 0.3) is 0 Å². The van der Waals surface area contributed by atoms with Gasteiger partial charge in [-0.05, 0) is 47.5 Å². The fraction of sp³-hybridized carbons (Fsp3) is 0.261. The van der Waals surface area contributed by atoms with Gasteiger partial charge in [0.2, 0.25) is 5.91 Å². The molecule has 2 N–H and O–H groups in total. The van der Waals surface area contributed by atoms with Crippen molar-refractivity contribution in [3.8, 4) is 0 Å². The molecule has 3 aromatic rings. The maximum atomic E-state index is 12.4. The molecule has 0 radical (unpaired) electrons. The summed E-state index contributed by atoms with van der Waals surface area (Å²) in [5.74, 6) is -0.0338. The molecule has 0 aliphatic heterocycles. The van der Waals surface area contributed by atoms with Gasteiger partial charge in [-0.1, -0.05) is 61.9 Å². The molecule has 0 aliphatic rings. The van der Waals surface area contributed by atoms with Crippen molar-refractivity contribution in [3.05, 3.63) is 87.6 Å². The summed E-state index contributed by atoms with van der Waals surface area (Å²) in [6, 6.07) is 20.7. The lowest BCUT2D eigenvalue weighted by Crippen LogP contribution is -2.31. The minimum absolute atomic E-state index is 0.0169. The zero-order chi connectivity index (χ0) is 19.1. The van der Waals surface area contributed by atoms with Gasteiger partial charge in [-0.3, -0.25) is 10.1 Å². The average Bonchev–Trinajstić information content (AvgIpc) is 3.20. The molecule has 0 unspecified atom stereocenters. The Balaban J connectivity index is 1.69. The summed E-state index contributed by atoms with van der Waals surface area (Å²) in [5.41, 5.74) is 4.46. The predicted molar refractivity (Wildman–Crippen MR) is 114 cm³/mol. The van der Waals surface area contributed by atoms with E-state index in [1.54, 1.807) is 11.3 Å². The molecule has 1 aromatic heterocycles. The minimum Gasteiger partial charge on any atom is -0.325 e. The maximum absolute atomic E-state index is 12.4. The molecule has 0 saturated carbocycles. The van der Waals surface area contributed by atoms with Crippen molar-refractivity contribution >= 4 is 22.9 Å². The van der Waals surface area contributed by atoms with Crippen molar-refractivity contribution in [1.29, 1.82) is 0 Å². The third-order valence-electron chi connectivity index (χ3n) is 4.57. The van der Waals surface area contributed by atoms with Crippen LogP contribution in [0.4, 0.5) is 5.69 Å². The number of anilines is 1. The van der Waals surface area contributed by atoms with Crippen LogP contribution in [-0.4, -0.2) is 12.5 Å². The highest BCUT2D eigenvalue weighted by Gasteiger charge is 2.16. The number of thiophene rings is 1. The number of hydrogen-bond donors (Lipinski definition) is 2. The number of benzene rings is 2. The Bertz CT molecular complexity index is 856. The fourth-order valence-corrected chi connectivity index (χ4v) is 3.93. The molecule has 1 amide bonds. The molecule has 27 heavy (non-hydrogen) atoms. The van der Waals surface area contributed by atoms with Gasteiger partial charge in [-0.2, -0.15) is 0 Å². The van der Waals surface area contributed by atoms with Gasteiger partial charge in [0.15, 0.2) is 0 Å². The number of rotatable bonds is 8. The summed E-state index contributed by atoms with van der Waals surface area (Å²) in [7, 11) is 0. The van der Waals surface area contributed by atoms with Crippen LogP contribution in [-0.2, 0) is 11.2 Å². The zero-order valence-electron chi connectivity index (χ0n) is 15.9. The van der Waals surface area contributed by atoms with Gasteiger partial charge in [-0.15, -0.1) is 11.3 Å². The van der Waals surface area contributed by atoms with Crippen LogP contribution in [0, 0.1) is 6.92 Å². The Morgan fingerprint density at radius 3 is 2.48 bits per heavy atom. The fourth-order valence-electron chi connectivity index (χ4n) is 3.11. The summed E-state index contributed by atoms with van der Waals surface area (Å²) in [4.78, 5) is 13.6. The van der Waals surface area contributed by atoms with Crippen LogP contribution >= 0.6 is 11.3 Å². The first-order valence-electron chi connectivity index (χ1n) is 9.38. The van der Waals surface area contributed by atoms with E-state index in [9.17, 15) is 4.79 Å². The van der Waals surface area contributed by atoms with E-state index in [-0.39, 0.29) is 18.5 Å². The molecule has 1 heterocycles. The van der Waals surface area contributed by atoms with Crippen LogP contribution < -0.4 is 10.6 Å². The Hall–Kier alpha value is -2.43. The maximum Gasteiger partial charge on any atom is 0.238 e. The van der Waals surface area contributed by atoms with Crippen molar-refractivity contribution in [2.45, 2.75) is 32.7 Å². The summed E-state index contributed by atoms with van der Waals surface area (Å²) in [6.07, 6.45) is 2.24. The van der Waals surface area contributed by atoms with Crippen LogP contribution in [0.25, 0.3) is 0 Å². The average molecular weight is 379 g/mol. The van der Waals surface area contributed by atoms with E-state index < -0.39 is 0 Å². The first-order valence-corrected chi connectivity index (χ1v) is 10.3. The van der Waals surface area contributed by atoms with E-state index in [0.29, 0.717) is 0 Å². The van der Waals surface area contributed by atoms with Crippen LogP contribution in [0.2, 0.25) is 0 Å². The molecule has 3 rings (SSSR count). The largest absolute Gasteiger partial charge is 0.325 e. The van der Waals surface area contributed by atoms with Crippen LogP contribution in [0.1, 0.15) is 41.0 Å². The number of carbonyl (C=O) groups excluding carboxylic acids is 1. The van der Waals surface area contributed by atoms with Gasteiger partial charge in [0, 0.05) is 10.6 Å². The number of hydrogen-bond acceptors (Lipinski definition) is 3. The third kappa shape index (κ3) is 5.28. The molecule has 140 valence electrons. The Morgan fingerprint density at radius 1 is 1.04 bits per heavy atom. The van der Waals surface area contributed by atoms with Crippen molar-refractivity contribution in [1.82, 2.24) is 5.32 Å². The summed E-state index contributed by atoms with van der Waals surface area (Å²) in [6.45, 7) is 4.44. The Morgan fingerprint density at radius 2 is 1.81 bits per heavy atom. The normalized spacial score (nSPS) is 11.9. The minimum atomic E-state index is -0.0338. The highest BCUT2D eigenvalue weighted by molar-refractivity contribution is 7.10. The second-order valence-corrected chi connectivity index (χ2v) is 7.66. The second kappa shape index (κ2) is 9.49. The van der Waals surface area contributed by atoms with Gasteiger partial charge in [0.1, 0.15) is 0 Å². The van der Waals surface area contributed by atoms with E-state index >= 15 is 0 Å². The van der Waals surface area contributed by atoms with Crippen molar-refractivity contribution in [2.24, 2.45) is 0 Å². The zero-order valence-corrected chi connectivity index (χ0v) is 16.7. The molecule has 0 bridgehead atoms. The Labute approximate surface area is 165 Å². The molecule has 0 aliphatic carbocycles. The molecule has 0 saturated heterocycles. The third-order valence-corrected chi connectivity index (χ3v) is 5.50. The van der Waals surface area contributed by atoms with Crippen LogP contribution in [0.3, 0.4) is 0 Å². The number of carbonyl (C=O) groups is 1. The Kier molecular flexibility index (Phi) is 6.80. The standard InChI is InChI=1S/C23H26N2OS/c1-3-7-18-11-13-19(14-12-18)23(21-10-6-15-27-21)24-16-22(26)25-20-9-5-4-8-17(20)2/h4-6,8-15,23-24H,3,7,16H2,1-2H3,(H,25,26)/t23-/m0/s1. The molecule has 0 spiro atoms. The van der Waals surface area contributed by atoms with Crippen molar-refractivity contribution < 1.29 is 4.79 Å². The summed E-state index contributed by atoms with van der Waals surface area (Å²) >= 11 is 1.70. The van der Waals surface area contributed by atoms with Gasteiger partial charge in [0.05, 0.1) is 12.6 Å². The molecule has 3 nitrogen and oxygen atoms in total. The lowest BCUT2D eigenvalue weighted by Gasteiger charge is -2.18. The SMILES string of the molecule is CCCc1ccc([C@H](NCC(=O)Nc2ccccc2C)c2cccs2)cc1. The first-order chi connectivity index (χ1) is 13.2. The summed E-state index contributed by atoms with van der Waals surface area (Å²) < 4.78 is 0. The number of nitrogens with one attached hydrogen (secondary N) is 2. The molecule has 1 atom stereocenters. The smallest absolute Gasteiger partial charge is 0.238 e. The lowest BCUT2D eigenvalue weighted by molar-refractivity contribution is -0.115. The quantitative estimate of drug-likeness (QED) is 0.556. The number of aryl methyl sites for hydroxylation is 2. The molecule has 2 aromatic carbocycles. The predicted octanol–water partition coefficient (Wildman–Crippen LogP) is 5.33.